The highest BCUT2D eigenvalue weighted by Gasteiger charge is 2.47. The second-order valence-corrected chi connectivity index (χ2v) is 26.4. The van der Waals surface area contributed by atoms with Gasteiger partial charge in [-0.05, 0) is 145 Å². The van der Waals surface area contributed by atoms with Gasteiger partial charge in [0.05, 0.1) is 61.1 Å². The molecular weight excluding hydrogens is 1210 g/mol. The van der Waals surface area contributed by atoms with E-state index in [0.717, 1.165) is 171 Å². The maximum absolute atomic E-state index is 10.2. The number of rotatable bonds is 7. The van der Waals surface area contributed by atoms with Crippen molar-refractivity contribution in [3.8, 4) is 39.3 Å². The summed E-state index contributed by atoms with van der Waals surface area (Å²) in [6, 6.07) is 105. The lowest BCUT2D eigenvalue weighted by atomic mass is 9.33. The molecule has 100 heavy (non-hydrogen) atoms. The van der Waals surface area contributed by atoms with Crippen LogP contribution in [0.5, 0.6) is 0 Å². The van der Waals surface area contributed by atoms with Gasteiger partial charge in [0, 0.05) is 88.3 Å². The van der Waals surface area contributed by atoms with Gasteiger partial charge < -0.3 is 23.5 Å². The monoisotopic (exact) mass is 1280 g/mol. The molecule has 0 aliphatic carbocycles. The first-order valence-electron chi connectivity index (χ1n) is 38.0. The van der Waals surface area contributed by atoms with Crippen LogP contribution in [-0.4, -0.2) is 20.4 Å². The molecule has 20 aromatic rings. The van der Waals surface area contributed by atoms with Crippen molar-refractivity contribution in [3.05, 3.63) is 352 Å². The summed E-state index contributed by atoms with van der Waals surface area (Å²) in [7, 11) is 0. The lowest BCUT2D eigenvalue weighted by molar-refractivity contribution is 1.16. The Hall–Kier alpha value is -13.2. The molecule has 462 valence electrons. The highest BCUT2D eigenvalue weighted by Crippen LogP contribution is 2.56. The molecule has 22 rings (SSSR count). The molecule has 0 amide bonds. The van der Waals surface area contributed by atoms with Gasteiger partial charge in [-0.25, -0.2) is 0 Å². The van der Waals surface area contributed by atoms with Gasteiger partial charge in [0.15, 0.2) is 0 Å². The molecule has 0 bridgehead atoms. The van der Waals surface area contributed by atoms with Crippen molar-refractivity contribution >= 4 is 166 Å². The zero-order valence-corrected chi connectivity index (χ0v) is 53.7. The number of nitrogens with zero attached hydrogens (tertiary/aromatic N) is 5. The van der Waals surface area contributed by atoms with Crippen molar-refractivity contribution in [3.63, 3.8) is 0 Å². The standard InChI is InChI=1S/C94H58BN5/c1-5-29-59(30-6-1)90-72-45-17-13-37-64(72)66-39-15-19-47-74(66)93(90)99-86-55-76-70-43-23-27-51-82(70)96(61-33-9-3-10-34-61)84(76)57-78(86)95-79-58-85-77(71-44-24-28-52-83(71)97(85)62-35-11-4-12-36-62)56-87(79)100(94-75-48-20-16-40-67(75)65-38-14-18-46-73(65)91(94)60-31-7-2-8-32-60)89-54-63(53-88(99)92(89)95)98-80-49-25-21-41-68(80)69-42-22-26-50-81(69)98/h1-58H/i21D,22D,25D,26D,41D,42D,49D,50D. The van der Waals surface area contributed by atoms with Crippen LogP contribution in [0.2, 0.25) is 0 Å². The predicted octanol–water partition coefficient (Wildman–Crippen LogP) is 23.0. The number of hydrogen-bond donors (Lipinski definition) is 0. The van der Waals surface area contributed by atoms with Gasteiger partial charge in [-0.1, -0.05) is 267 Å². The van der Waals surface area contributed by atoms with Crippen LogP contribution < -0.4 is 26.2 Å². The van der Waals surface area contributed by atoms with Crippen molar-refractivity contribution in [2.45, 2.75) is 0 Å². The Bertz CT molecular complexity index is 6930. The van der Waals surface area contributed by atoms with E-state index in [4.69, 9.17) is 0 Å². The molecule has 6 heteroatoms. The molecule has 0 saturated heterocycles. The van der Waals surface area contributed by atoms with E-state index in [0.29, 0.717) is 5.69 Å². The van der Waals surface area contributed by atoms with E-state index in [9.17, 15) is 11.0 Å². The molecule has 3 aromatic heterocycles. The van der Waals surface area contributed by atoms with Gasteiger partial charge in [-0.2, -0.15) is 0 Å². The van der Waals surface area contributed by atoms with Gasteiger partial charge in [0.25, 0.3) is 6.71 Å². The molecule has 5 nitrogen and oxygen atoms in total. The molecule has 0 saturated carbocycles. The van der Waals surface area contributed by atoms with Crippen molar-refractivity contribution in [1.82, 2.24) is 13.7 Å². The van der Waals surface area contributed by atoms with Crippen LogP contribution in [0.3, 0.4) is 0 Å². The first-order chi connectivity index (χ1) is 53.0. The maximum Gasteiger partial charge on any atom is 0.252 e. The molecule has 0 radical (unpaired) electrons. The smallest absolute Gasteiger partial charge is 0.252 e. The van der Waals surface area contributed by atoms with E-state index >= 15 is 0 Å². The summed E-state index contributed by atoms with van der Waals surface area (Å²) < 4.78 is 84.4. The predicted molar refractivity (Wildman–Crippen MR) is 424 cm³/mol. The topological polar surface area (TPSA) is 21.3 Å². The minimum Gasteiger partial charge on any atom is -0.310 e. The molecule has 2 aliphatic heterocycles. The van der Waals surface area contributed by atoms with E-state index in [-0.39, 0.29) is 33.9 Å². The number of benzene rings is 17. The second kappa shape index (κ2) is 21.2. The zero-order chi connectivity index (χ0) is 72.2. The lowest BCUT2D eigenvalue weighted by Crippen LogP contribution is -2.61. The van der Waals surface area contributed by atoms with Gasteiger partial charge >= 0.3 is 0 Å². The van der Waals surface area contributed by atoms with Crippen LogP contribution in [0.25, 0.3) is 148 Å². The van der Waals surface area contributed by atoms with Crippen LogP contribution >= 0.6 is 0 Å². The molecule has 0 fully saturated rings. The Morgan fingerprint density at radius 2 is 0.560 bits per heavy atom. The van der Waals surface area contributed by atoms with Crippen molar-refractivity contribution in [2.75, 3.05) is 9.80 Å². The molecule has 0 N–H and O–H groups in total. The first-order valence-corrected chi connectivity index (χ1v) is 34.0. The Morgan fingerprint density at radius 1 is 0.230 bits per heavy atom. The number of aromatic nitrogens is 3. The molecule has 0 spiro atoms. The van der Waals surface area contributed by atoms with Crippen LogP contribution in [0.15, 0.2) is 352 Å². The average Bonchev–Trinajstić information content (AvgIpc) is 1.11. The third-order valence-electron chi connectivity index (χ3n) is 21.3. The van der Waals surface area contributed by atoms with Crippen molar-refractivity contribution in [1.29, 1.82) is 0 Å². The van der Waals surface area contributed by atoms with E-state index < -0.39 is 43.0 Å². The Kier molecular flexibility index (Phi) is 10.1. The Morgan fingerprint density at radius 3 is 0.980 bits per heavy atom. The Balaban J connectivity index is 1.03. The minimum atomic E-state index is -0.591. The summed E-state index contributed by atoms with van der Waals surface area (Å²) >= 11 is 0. The fourth-order valence-electron chi connectivity index (χ4n) is 17.4. The van der Waals surface area contributed by atoms with Crippen LogP contribution in [-0.2, 0) is 0 Å². The van der Waals surface area contributed by atoms with Gasteiger partial charge in [0.2, 0.25) is 0 Å². The SMILES string of the molecule is [2H]c1c([2H])c([2H])c2c(c1[2H])c1c([2H])c([2H])c([2H])c([2H])c1n2-c1cc2c3c(c1)N(c1c(-c4ccccc4)c4ccccc4c4ccccc14)c1cc4c5ccccc5n(-c5ccccc5)c4cc1B3c1cc3c(cc1N2c1c(-c2ccccc2)c2ccccc2c2ccccc12)c1ccccc1n3-c1ccccc1. The highest BCUT2D eigenvalue weighted by atomic mass is 15.2. The van der Waals surface area contributed by atoms with E-state index in [2.05, 4.69) is 322 Å². The number of para-hydroxylation sites is 6. The first kappa shape index (κ1) is 47.7. The number of anilines is 6. The van der Waals surface area contributed by atoms with Gasteiger partial charge in [0.1, 0.15) is 0 Å². The summed E-state index contributed by atoms with van der Waals surface area (Å²) in [5.41, 5.74) is 18.5. The molecule has 2 aliphatic rings. The van der Waals surface area contributed by atoms with E-state index in [1.54, 1.807) is 4.57 Å². The third-order valence-corrected chi connectivity index (χ3v) is 21.3. The van der Waals surface area contributed by atoms with Crippen molar-refractivity contribution in [2.24, 2.45) is 0 Å². The van der Waals surface area contributed by atoms with E-state index in [1.807, 2.05) is 0 Å². The third kappa shape index (κ3) is 7.67. The molecule has 0 atom stereocenters. The average molecular weight is 1280 g/mol. The highest BCUT2D eigenvalue weighted by molar-refractivity contribution is 7.00. The number of fused-ring (bicyclic) bond motifs is 19. The quantitative estimate of drug-likeness (QED) is 0.117. The summed E-state index contributed by atoms with van der Waals surface area (Å²) in [6.45, 7) is -0.591. The summed E-state index contributed by atoms with van der Waals surface area (Å²) in [6.07, 6.45) is 0. The van der Waals surface area contributed by atoms with Crippen LogP contribution in [0.1, 0.15) is 11.0 Å². The molecule has 0 unspecified atom stereocenters. The summed E-state index contributed by atoms with van der Waals surface area (Å²) in [5.74, 6) is 0. The minimum absolute atomic E-state index is 0.00943. The Labute approximate surface area is 588 Å². The van der Waals surface area contributed by atoms with Crippen LogP contribution in [0.4, 0.5) is 34.1 Å². The zero-order valence-electron chi connectivity index (χ0n) is 61.7. The number of hydrogen-bond acceptors (Lipinski definition) is 2. The summed E-state index contributed by atoms with van der Waals surface area (Å²) in [4.78, 5) is 4.97. The molecule has 5 heterocycles. The van der Waals surface area contributed by atoms with Crippen LogP contribution in [0, 0.1) is 0 Å². The molecular formula is C94H58BN5. The lowest BCUT2D eigenvalue weighted by Gasteiger charge is -2.46. The van der Waals surface area contributed by atoms with E-state index in [1.165, 1.54) is 0 Å². The van der Waals surface area contributed by atoms with Crippen molar-refractivity contribution < 1.29 is 11.0 Å². The fraction of sp³-hybridized carbons (Fsp3) is 0. The second-order valence-electron chi connectivity index (χ2n) is 26.4. The summed E-state index contributed by atoms with van der Waals surface area (Å²) in [5, 5.41) is 12.3. The fourth-order valence-corrected chi connectivity index (χ4v) is 17.4. The maximum atomic E-state index is 10.2. The van der Waals surface area contributed by atoms with Gasteiger partial charge in [-0.15, -0.1) is 0 Å². The molecule has 17 aromatic carbocycles. The normalized spacial score (nSPS) is 13.9. The largest absolute Gasteiger partial charge is 0.310 e. The van der Waals surface area contributed by atoms with Gasteiger partial charge in [-0.3, -0.25) is 0 Å².